The molecule has 5 rings (SSSR count). The van der Waals surface area contributed by atoms with E-state index in [1.165, 1.54) is 18.5 Å². The Morgan fingerprint density at radius 3 is 2.37 bits per heavy atom. The fourth-order valence-electron chi connectivity index (χ4n) is 4.94. The summed E-state index contributed by atoms with van der Waals surface area (Å²) in [5.41, 5.74) is 6.11. The van der Waals surface area contributed by atoms with E-state index in [0.29, 0.717) is 21.8 Å². The van der Waals surface area contributed by atoms with Crippen LogP contribution in [0, 0.1) is 6.92 Å². The molecule has 3 heterocycles. The Morgan fingerprint density at radius 2 is 1.72 bits per heavy atom. The van der Waals surface area contributed by atoms with Crippen molar-refractivity contribution < 1.29 is 9.59 Å². The third-order valence-electron chi connectivity index (χ3n) is 7.23. The number of hydrogen-bond acceptors (Lipinski definition) is 5. The van der Waals surface area contributed by atoms with Crippen LogP contribution in [0.3, 0.4) is 0 Å². The second-order valence-electron chi connectivity index (χ2n) is 10.6. The first-order chi connectivity index (χ1) is 20.6. The number of halogens is 1. The van der Waals surface area contributed by atoms with Gasteiger partial charge in [-0.1, -0.05) is 29.8 Å². The van der Waals surface area contributed by atoms with Gasteiger partial charge in [-0.15, -0.1) is 0 Å². The molecular formula is C32H32ClN7O3. The zero-order chi connectivity index (χ0) is 30.7. The van der Waals surface area contributed by atoms with Crippen LogP contribution < -0.4 is 16.2 Å². The van der Waals surface area contributed by atoms with E-state index in [1.807, 2.05) is 70.4 Å². The van der Waals surface area contributed by atoms with E-state index >= 15 is 0 Å². The molecule has 0 saturated heterocycles. The first kappa shape index (κ1) is 29.5. The molecule has 0 radical (unpaired) electrons. The molecule has 2 amide bonds. The van der Waals surface area contributed by atoms with E-state index in [2.05, 4.69) is 25.9 Å². The predicted molar refractivity (Wildman–Crippen MR) is 167 cm³/mol. The minimum Gasteiger partial charge on any atom is -0.340 e. The molecule has 0 spiro atoms. The van der Waals surface area contributed by atoms with Gasteiger partial charge in [0.05, 0.1) is 23.7 Å². The lowest BCUT2D eigenvalue weighted by atomic mass is 9.99. The summed E-state index contributed by atoms with van der Waals surface area (Å²) < 4.78 is 3.46. The van der Waals surface area contributed by atoms with Crippen molar-refractivity contribution in [3.63, 3.8) is 0 Å². The molecule has 0 unspecified atom stereocenters. The van der Waals surface area contributed by atoms with Crippen molar-refractivity contribution in [3.05, 3.63) is 111 Å². The van der Waals surface area contributed by atoms with Gasteiger partial charge in [-0.2, -0.15) is 10.2 Å². The number of aromatic amines is 1. The molecule has 43 heavy (non-hydrogen) atoms. The van der Waals surface area contributed by atoms with E-state index in [4.69, 9.17) is 11.6 Å². The molecular weight excluding hydrogens is 566 g/mol. The van der Waals surface area contributed by atoms with Crippen LogP contribution >= 0.6 is 11.6 Å². The summed E-state index contributed by atoms with van der Waals surface area (Å²) in [7, 11) is 1.88. The maximum absolute atomic E-state index is 13.6. The highest BCUT2D eigenvalue weighted by molar-refractivity contribution is 6.31. The Bertz CT molecular complexity index is 1800. The topological polar surface area (TPSA) is 127 Å². The first-order valence-electron chi connectivity index (χ1n) is 13.8. The average Bonchev–Trinajstić information content (AvgIpc) is 3.64. The van der Waals surface area contributed by atoms with Gasteiger partial charge in [0.1, 0.15) is 6.04 Å². The van der Waals surface area contributed by atoms with Gasteiger partial charge in [-0.3, -0.25) is 24.2 Å². The van der Waals surface area contributed by atoms with E-state index < -0.39 is 17.9 Å². The smallest absolute Gasteiger partial charge is 0.255 e. The number of H-pyrrole nitrogens is 1. The number of hydrogen-bond donors (Lipinski definition) is 3. The Kier molecular flexibility index (Phi) is 8.58. The van der Waals surface area contributed by atoms with Crippen LogP contribution in [0.25, 0.3) is 22.4 Å². The highest BCUT2D eigenvalue weighted by Gasteiger charge is 2.24. The maximum Gasteiger partial charge on any atom is 0.255 e. The summed E-state index contributed by atoms with van der Waals surface area (Å²) >= 11 is 6.61. The second-order valence-corrected chi connectivity index (χ2v) is 11.1. The molecule has 220 valence electrons. The molecule has 0 saturated carbocycles. The van der Waals surface area contributed by atoms with Crippen molar-refractivity contribution in [2.75, 3.05) is 5.32 Å². The molecule has 0 bridgehead atoms. The lowest BCUT2D eigenvalue weighted by Crippen LogP contribution is -2.45. The zero-order valence-electron chi connectivity index (χ0n) is 24.3. The van der Waals surface area contributed by atoms with Crippen LogP contribution in [0.15, 0.2) is 84.2 Å². The average molecular weight is 598 g/mol. The predicted octanol–water partition coefficient (Wildman–Crippen LogP) is 5.16. The number of benzene rings is 2. The second kappa shape index (κ2) is 12.5. The first-order valence-corrected chi connectivity index (χ1v) is 14.2. The van der Waals surface area contributed by atoms with E-state index in [-0.39, 0.29) is 18.0 Å². The van der Waals surface area contributed by atoms with Crippen molar-refractivity contribution in [2.24, 2.45) is 7.05 Å². The molecule has 0 aliphatic carbocycles. The molecule has 10 nitrogen and oxygen atoms in total. The lowest BCUT2D eigenvalue weighted by Gasteiger charge is -2.20. The number of nitrogens with zero attached hydrogens (tertiary/aromatic N) is 4. The lowest BCUT2D eigenvalue weighted by molar-refractivity contribution is -0.118. The van der Waals surface area contributed by atoms with Gasteiger partial charge in [-0.25, -0.2) is 0 Å². The summed E-state index contributed by atoms with van der Waals surface area (Å²) in [6.07, 6.45) is 6.58. The molecule has 5 aromatic rings. The van der Waals surface area contributed by atoms with E-state index in [0.717, 1.165) is 27.9 Å². The van der Waals surface area contributed by atoms with Gasteiger partial charge in [-0.05, 0) is 73.4 Å². The number of rotatable bonds is 9. The molecule has 2 aromatic carbocycles. The van der Waals surface area contributed by atoms with E-state index in [9.17, 15) is 14.4 Å². The van der Waals surface area contributed by atoms with E-state index in [1.54, 1.807) is 27.6 Å². The van der Waals surface area contributed by atoms with Crippen molar-refractivity contribution in [1.82, 2.24) is 29.9 Å². The number of aryl methyl sites for hydroxylation is 2. The molecule has 0 aliphatic heterocycles. The standard InChI is InChI=1S/C32H32ClN7O3/c1-19(2)40-18-23(8-12-29(40)41)22-7-11-27(33)24(13-22)14-28(38-31(42)25-16-34-35-17-25)32(43)37-26-9-5-21(6-10-26)30-20(3)15-36-39(30)4/h5-13,15-19,28H,14H2,1-4H3,(H,34,35)(H,37,43)(H,38,42)/t28-/m0/s1. The minimum atomic E-state index is -0.959. The maximum atomic E-state index is 13.6. The van der Waals surface area contributed by atoms with Crippen molar-refractivity contribution in [1.29, 1.82) is 0 Å². The van der Waals surface area contributed by atoms with Gasteiger partial charge in [0.15, 0.2) is 0 Å². The summed E-state index contributed by atoms with van der Waals surface area (Å²) in [6, 6.07) is 15.3. The Hall–Kier alpha value is -4.96. The minimum absolute atomic E-state index is 0.00680. The van der Waals surface area contributed by atoms with Gasteiger partial charge in [0, 0.05) is 54.2 Å². The fraction of sp³-hybridized carbons (Fsp3) is 0.219. The Morgan fingerprint density at radius 1 is 1.00 bits per heavy atom. The third-order valence-corrected chi connectivity index (χ3v) is 7.60. The summed E-state index contributed by atoms with van der Waals surface area (Å²) in [5.74, 6) is -0.858. The quantitative estimate of drug-likeness (QED) is 0.216. The number of nitrogens with one attached hydrogen (secondary N) is 3. The number of pyridine rings is 1. The molecule has 3 N–H and O–H groups in total. The molecule has 0 aliphatic rings. The van der Waals surface area contributed by atoms with Gasteiger partial charge in [0.2, 0.25) is 5.91 Å². The highest BCUT2D eigenvalue weighted by atomic mass is 35.5. The summed E-state index contributed by atoms with van der Waals surface area (Å²) in [6.45, 7) is 5.88. The monoisotopic (exact) mass is 597 g/mol. The fourth-order valence-corrected chi connectivity index (χ4v) is 5.13. The zero-order valence-corrected chi connectivity index (χ0v) is 25.0. The molecule has 3 aromatic heterocycles. The number of aromatic nitrogens is 5. The van der Waals surface area contributed by atoms with Crippen molar-refractivity contribution >= 4 is 29.1 Å². The summed E-state index contributed by atoms with van der Waals surface area (Å²) in [4.78, 5) is 38.9. The summed E-state index contributed by atoms with van der Waals surface area (Å²) in [5, 5.41) is 17.0. The normalized spacial score (nSPS) is 11.9. The Balaban J connectivity index is 1.42. The number of carbonyl (C=O) groups excluding carboxylic acids is 2. The van der Waals surface area contributed by atoms with Crippen molar-refractivity contribution in [2.45, 2.75) is 39.3 Å². The van der Waals surface area contributed by atoms with Crippen LogP contribution in [0.5, 0.6) is 0 Å². The van der Waals surface area contributed by atoms with Crippen LogP contribution in [0.4, 0.5) is 5.69 Å². The molecule has 1 atom stereocenters. The largest absolute Gasteiger partial charge is 0.340 e. The third kappa shape index (κ3) is 6.60. The number of carbonyl (C=O) groups is 2. The number of anilines is 1. The number of amides is 2. The van der Waals surface area contributed by atoms with Crippen molar-refractivity contribution in [3.8, 4) is 22.4 Å². The SMILES string of the molecule is Cc1cnn(C)c1-c1ccc(NC(=O)[C@H](Cc2cc(-c3ccc(=O)n(C(C)C)c3)ccc2Cl)NC(=O)c2cn[nH]c2)cc1. The van der Waals surface area contributed by atoms with Crippen LogP contribution in [0.2, 0.25) is 5.02 Å². The molecule has 11 heteroatoms. The van der Waals surface area contributed by atoms with Crippen LogP contribution in [-0.2, 0) is 18.3 Å². The van der Waals surface area contributed by atoms with Gasteiger partial charge in [0.25, 0.3) is 11.5 Å². The van der Waals surface area contributed by atoms with Crippen LogP contribution in [0.1, 0.15) is 41.4 Å². The molecule has 0 fully saturated rings. The van der Waals surface area contributed by atoms with Gasteiger partial charge >= 0.3 is 0 Å². The van der Waals surface area contributed by atoms with Crippen LogP contribution in [-0.4, -0.2) is 42.4 Å². The Labute approximate surface area is 253 Å². The highest BCUT2D eigenvalue weighted by Crippen LogP contribution is 2.27. The van der Waals surface area contributed by atoms with Gasteiger partial charge < -0.3 is 15.2 Å².